The van der Waals surface area contributed by atoms with Crippen molar-refractivity contribution in [3.8, 4) is 0 Å². The van der Waals surface area contributed by atoms with Gasteiger partial charge in [-0.25, -0.2) is 4.79 Å². The van der Waals surface area contributed by atoms with Gasteiger partial charge in [-0.15, -0.1) is 0 Å². The lowest BCUT2D eigenvalue weighted by atomic mass is 9.98. The van der Waals surface area contributed by atoms with E-state index in [0.717, 1.165) is 5.56 Å². The third kappa shape index (κ3) is 2.37. The zero-order chi connectivity index (χ0) is 11.6. The molecule has 0 saturated carbocycles. The predicted molar refractivity (Wildman–Crippen MR) is 53.2 cm³/mol. The van der Waals surface area contributed by atoms with Crippen molar-refractivity contribution in [2.24, 2.45) is 0 Å². The number of aromatic amines is 1. The van der Waals surface area contributed by atoms with Crippen LogP contribution in [0.25, 0.3) is 0 Å². The topological polar surface area (TPSA) is 90.4 Å². The third-order valence-corrected chi connectivity index (χ3v) is 2.19. The van der Waals surface area contributed by atoms with Gasteiger partial charge in [0.25, 0.3) is 0 Å². The summed E-state index contributed by atoms with van der Waals surface area (Å²) in [7, 11) is 0. The van der Waals surface area contributed by atoms with Crippen molar-refractivity contribution in [2.45, 2.75) is 26.2 Å². The smallest absolute Gasteiger partial charge is 0.352 e. The molecule has 0 saturated heterocycles. The van der Waals surface area contributed by atoms with Gasteiger partial charge in [-0.3, -0.25) is 4.79 Å². The van der Waals surface area contributed by atoms with Crippen LogP contribution in [0.5, 0.6) is 0 Å². The number of rotatable bonds is 4. The van der Waals surface area contributed by atoms with Crippen LogP contribution in [-0.2, 0) is 11.2 Å². The van der Waals surface area contributed by atoms with Crippen LogP contribution >= 0.6 is 0 Å². The zero-order valence-corrected chi connectivity index (χ0v) is 8.57. The second kappa shape index (κ2) is 4.16. The third-order valence-electron chi connectivity index (χ3n) is 2.19. The summed E-state index contributed by atoms with van der Waals surface area (Å²) in [5, 5.41) is 17.5. The number of nitrogens with one attached hydrogen (secondary N) is 1. The number of H-pyrrole nitrogens is 1. The van der Waals surface area contributed by atoms with E-state index in [1.807, 2.05) is 13.8 Å². The minimum Gasteiger partial charge on any atom is -0.481 e. The Kier molecular flexibility index (Phi) is 3.14. The van der Waals surface area contributed by atoms with E-state index in [9.17, 15) is 9.59 Å². The molecule has 1 aromatic rings. The van der Waals surface area contributed by atoms with E-state index >= 15 is 0 Å². The van der Waals surface area contributed by atoms with E-state index in [4.69, 9.17) is 10.2 Å². The lowest BCUT2D eigenvalue weighted by molar-refractivity contribution is -0.136. The van der Waals surface area contributed by atoms with Crippen LogP contribution in [0.4, 0.5) is 0 Å². The van der Waals surface area contributed by atoms with Gasteiger partial charge in [0.05, 0.1) is 6.42 Å². The fraction of sp³-hybridized carbons (Fsp3) is 0.400. The average molecular weight is 211 g/mol. The van der Waals surface area contributed by atoms with E-state index in [1.165, 1.54) is 0 Å². The van der Waals surface area contributed by atoms with Crippen molar-refractivity contribution >= 4 is 11.9 Å². The molecule has 0 atom stereocenters. The second-order valence-corrected chi connectivity index (χ2v) is 3.63. The fourth-order valence-electron chi connectivity index (χ4n) is 1.52. The van der Waals surface area contributed by atoms with Crippen LogP contribution in [0.3, 0.4) is 0 Å². The quantitative estimate of drug-likeness (QED) is 0.703. The predicted octanol–water partition coefficient (Wildman–Crippen LogP) is 1.46. The Morgan fingerprint density at radius 3 is 2.40 bits per heavy atom. The van der Waals surface area contributed by atoms with E-state index in [1.54, 1.807) is 6.20 Å². The molecule has 15 heavy (non-hydrogen) atoms. The van der Waals surface area contributed by atoms with Crippen molar-refractivity contribution in [2.75, 3.05) is 0 Å². The van der Waals surface area contributed by atoms with Crippen molar-refractivity contribution in [3.63, 3.8) is 0 Å². The second-order valence-electron chi connectivity index (χ2n) is 3.63. The van der Waals surface area contributed by atoms with Crippen LogP contribution < -0.4 is 0 Å². The zero-order valence-electron chi connectivity index (χ0n) is 8.57. The molecule has 0 amide bonds. The maximum absolute atomic E-state index is 10.8. The number of carboxylic acids is 2. The van der Waals surface area contributed by atoms with Gasteiger partial charge in [0.15, 0.2) is 0 Å². The Bertz CT molecular complexity index is 392. The van der Waals surface area contributed by atoms with Crippen molar-refractivity contribution in [3.05, 3.63) is 23.0 Å². The first-order chi connectivity index (χ1) is 6.93. The first kappa shape index (κ1) is 11.3. The van der Waals surface area contributed by atoms with Crippen LogP contribution in [0.1, 0.15) is 41.4 Å². The summed E-state index contributed by atoms with van der Waals surface area (Å²) in [5.74, 6) is -2.05. The Morgan fingerprint density at radius 1 is 1.40 bits per heavy atom. The van der Waals surface area contributed by atoms with E-state index in [2.05, 4.69) is 4.98 Å². The standard InChI is InChI=1S/C10H13NO4/c1-5(2)7-4-11-9(10(14)15)6(7)3-8(12)13/h4-5,11H,3H2,1-2H3,(H,12,13)(H,14,15). The molecule has 1 rings (SSSR count). The van der Waals surface area contributed by atoms with E-state index < -0.39 is 11.9 Å². The van der Waals surface area contributed by atoms with Gasteiger partial charge in [0.2, 0.25) is 0 Å². The SMILES string of the molecule is CC(C)c1c[nH]c(C(=O)O)c1CC(=O)O. The molecule has 0 bridgehead atoms. The van der Waals surface area contributed by atoms with Crippen molar-refractivity contribution in [1.29, 1.82) is 0 Å². The highest BCUT2D eigenvalue weighted by Gasteiger charge is 2.20. The summed E-state index contributed by atoms with van der Waals surface area (Å²) in [6.07, 6.45) is 1.30. The Balaban J connectivity index is 3.19. The largest absolute Gasteiger partial charge is 0.481 e. The summed E-state index contributed by atoms with van der Waals surface area (Å²) in [6, 6.07) is 0. The van der Waals surface area contributed by atoms with Gasteiger partial charge in [-0.1, -0.05) is 13.8 Å². The van der Waals surface area contributed by atoms with Crippen LogP contribution in [0, 0.1) is 0 Å². The maximum Gasteiger partial charge on any atom is 0.352 e. The molecule has 5 nitrogen and oxygen atoms in total. The number of hydrogen-bond donors (Lipinski definition) is 3. The Hall–Kier alpha value is -1.78. The monoisotopic (exact) mass is 211 g/mol. The fourth-order valence-corrected chi connectivity index (χ4v) is 1.52. The summed E-state index contributed by atoms with van der Waals surface area (Å²) in [6.45, 7) is 3.78. The van der Waals surface area contributed by atoms with E-state index in [-0.39, 0.29) is 18.0 Å². The molecule has 0 aliphatic rings. The molecule has 1 aromatic heterocycles. The first-order valence-electron chi connectivity index (χ1n) is 4.58. The highest BCUT2D eigenvalue weighted by molar-refractivity contribution is 5.89. The van der Waals surface area contributed by atoms with Crippen LogP contribution in [0.2, 0.25) is 0 Å². The molecule has 1 heterocycles. The van der Waals surface area contributed by atoms with Gasteiger partial charge < -0.3 is 15.2 Å². The van der Waals surface area contributed by atoms with Crippen molar-refractivity contribution < 1.29 is 19.8 Å². The van der Waals surface area contributed by atoms with Gasteiger partial charge in [-0.05, 0) is 17.0 Å². The van der Waals surface area contributed by atoms with Gasteiger partial charge in [0, 0.05) is 6.20 Å². The van der Waals surface area contributed by atoms with Crippen LogP contribution in [0.15, 0.2) is 6.20 Å². The molecule has 0 unspecified atom stereocenters. The lowest BCUT2D eigenvalue weighted by Gasteiger charge is -2.05. The highest BCUT2D eigenvalue weighted by atomic mass is 16.4. The van der Waals surface area contributed by atoms with Gasteiger partial charge in [0.1, 0.15) is 5.69 Å². The number of carboxylic acid groups (broad SMARTS) is 2. The Labute approximate surface area is 86.7 Å². The van der Waals surface area contributed by atoms with Crippen molar-refractivity contribution in [1.82, 2.24) is 4.98 Å². The normalized spacial score (nSPS) is 10.6. The summed E-state index contributed by atoms with van der Waals surface area (Å²) in [5.41, 5.74) is 1.08. The summed E-state index contributed by atoms with van der Waals surface area (Å²) >= 11 is 0. The molecule has 0 fully saturated rings. The lowest BCUT2D eigenvalue weighted by Crippen LogP contribution is -2.08. The minimum atomic E-state index is -1.13. The number of aliphatic carboxylic acids is 1. The van der Waals surface area contributed by atoms with Gasteiger partial charge in [-0.2, -0.15) is 0 Å². The molecular weight excluding hydrogens is 198 g/mol. The molecule has 0 radical (unpaired) electrons. The number of aromatic nitrogens is 1. The Morgan fingerprint density at radius 2 is 2.00 bits per heavy atom. The molecule has 0 spiro atoms. The first-order valence-corrected chi connectivity index (χ1v) is 4.58. The molecule has 0 aromatic carbocycles. The molecule has 0 aliphatic heterocycles. The molecular formula is C10H13NO4. The number of aromatic carboxylic acids is 1. The number of carbonyl (C=O) groups is 2. The van der Waals surface area contributed by atoms with E-state index in [0.29, 0.717) is 5.56 Å². The molecule has 5 heteroatoms. The molecule has 3 N–H and O–H groups in total. The summed E-state index contributed by atoms with van der Waals surface area (Å²) < 4.78 is 0. The van der Waals surface area contributed by atoms with Gasteiger partial charge >= 0.3 is 11.9 Å². The maximum atomic E-state index is 10.8. The number of hydrogen-bond acceptors (Lipinski definition) is 2. The average Bonchev–Trinajstić information content (AvgIpc) is 2.46. The molecule has 82 valence electrons. The highest BCUT2D eigenvalue weighted by Crippen LogP contribution is 2.23. The minimum absolute atomic E-state index is 0.0268. The molecule has 0 aliphatic carbocycles. The van der Waals surface area contributed by atoms with Crippen LogP contribution in [-0.4, -0.2) is 27.1 Å². The summed E-state index contributed by atoms with van der Waals surface area (Å²) in [4.78, 5) is 24.0.